The molecule has 1 heterocycles. The van der Waals surface area contributed by atoms with Gasteiger partial charge in [-0.1, -0.05) is 125 Å². The number of rotatable bonds is 58. The van der Waals surface area contributed by atoms with Crippen molar-refractivity contribution in [2.45, 2.75) is 233 Å². The van der Waals surface area contributed by atoms with Crippen LogP contribution in [-0.2, 0) is 87.9 Å². The highest BCUT2D eigenvalue weighted by Crippen LogP contribution is 2.34. The van der Waals surface area contributed by atoms with Crippen LogP contribution in [-0.4, -0.2) is 248 Å². The Hall–Kier alpha value is -8.96. The van der Waals surface area contributed by atoms with Crippen molar-refractivity contribution < 1.29 is 101 Å². The summed E-state index contributed by atoms with van der Waals surface area (Å²) >= 11 is 0.818. The average molecular weight is 1680 g/mol. The summed E-state index contributed by atoms with van der Waals surface area (Å²) < 4.78 is 23.3. The van der Waals surface area contributed by atoms with E-state index in [0.717, 1.165) is 17.3 Å². The molecule has 2 aromatic carbocycles. The molecule has 118 heavy (non-hydrogen) atoms. The minimum Gasteiger partial charge on any atom is -0.481 e. The zero-order valence-electron chi connectivity index (χ0n) is 71.7. The number of carbonyl (C=O) groups is 15. The number of hydrogen-bond acceptors (Lipinski definition) is 22. The Morgan fingerprint density at radius 2 is 1.31 bits per heavy atom. The van der Waals surface area contributed by atoms with E-state index in [4.69, 9.17) is 30.4 Å². The van der Waals surface area contributed by atoms with Crippen LogP contribution in [0.25, 0.3) is 0 Å². The third-order valence-electron chi connectivity index (χ3n) is 21.4. The van der Waals surface area contributed by atoms with Crippen LogP contribution in [0.2, 0.25) is 0 Å². The van der Waals surface area contributed by atoms with Crippen molar-refractivity contribution in [1.29, 1.82) is 0 Å². The fraction of sp³-hybridized carbons (Fsp3) is 0.679. The maximum atomic E-state index is 15.0. The molecule has 2 aromatic rings. The van der Waals surface area contributed by atoms with Gasteiger partial charge in [0, 0.05) is 116 Å². The zero-order valence-corrected chi connectivity index (χ0v) is 72.6. The van der Waals surface area contributed by atoms with E-state index >= 15 is 0 Å². The minimum absolute atomic E-state index is 0.00471. The van der Waals surface area contributed by atoms with Crippen molar-refractivity contribution >= 4 is 106 Å². The number of likely N-dealkylation sites (N-methyl/N-ethyl adjacent to an activating group) is 2. The molecule has 1 saturated heterocycles. The lowest BCUT2D eigenvalue weighted by Gasteiger charge is -2.41. The fourth-order valence-electron chi connectivity index (χ4n) is 14.5. The largest absolute Gasteiger partial charge is 0.481 e. The van der Waals surface area contributed by atoms with Crippen LogP contribution in [0.4, 0.5) is 15.3 Å². The van der Waals surface area contributed by atoms with E-state index in [9.17, 15) is 82.1 Å². The number of ketones is 4. The standard InChI is InChI=1S/C84H134N12O21S/c1-16-53(8)76(67(114-14)44-72(104)96-38-24-28-63(96)78(115-15)56(11)64(98)41-54(9)77(107)58-25-19-17-20-26-58)94(12)82(111)61(50(2)3)43-66(100)75(52(6)7)95(13)84(113)117-48-57-30-32-60(33-31-57)91-79(108)59(27-23-36-89-83(86)112)42-65(99)74(51(4)5)93-69(101)29-21-18-22-35-88-81(110)68(45-73(105)106)118-49-62(80(109)90-47-55(10)97)92-70(102)34-39-116-40-37-87-71(103)46-85/h17,19-20,25-26,30-33,50-54,56,59,61-63,67-68,74-78,107H,16,18,21-24,27-29,34-49,85H2,1-15H3,(H,87,103)(H,88,110)(H,90,109)(H,91,108)(H,92,102)(H,93,101)(H,105,106)(H3,86,89,112)/t53-,54-,56-,59+,61?,62?,63-,67+,68?,74+,75+,76-,77+,78-/m0/s1. The van der Waals surface area contributed by atoms with Gasteiger partial charge in [-0.15, -0.1) is 11.8 Å². The summed E-state index contributed by atoms with van der Waals surface area (Å²) in [6.45, 7) is 19.7. The molecule has 13 N–H and O–H groups in total. The van der Waals surface area contributed by atoms with E-state index in [2.05, 4.69) is 37.2 Å². The second-order valence-corrected chi connectivity index (χ2v) is 33.0. The van der Waals surface area contributed by atoms with Crippen LogP contribution in [0.3, 0.4) is 0 Å². The molecule has 0 radical (unpaired) electrons. The second-order valence-electron chi connectivity index (χ2n) is 31.7. The lowest BCUT2D eigenvalue weighted by Crippen LogP contribution is -2.54. The van der Waals surface area contributed by atoms with Crippen molar-refractivity contribution in [1.82, 2.24) is 46.6 Å². The predicted octanol–water partition coefficient (Wildman–Crippen LogP) is 5.79. The number of aliphatic hydroxyl groups excluding tert-OH is 1. The van der Waals surface area contributed by atoms with E-state index in [0.29, 0.717) is 56.3 Å². The number of urea groups is 1. The van der Waals surface area contributed by atoms with Crippen LogP contribution in [0, 0.1) is 47.3 Å². The monoisotopic (exact) mass is 1680 g/mol. The van der Waals surface area contributed by atoms with Gasteiger partial charge in [0.2, 0.25) is 47.3 Å². The van der Waals surface area contributed by atoms with E-state index < -0.39 is 143 Å². The highest BCUT2D eigenvalue weighted by atomic mass is 32.2. The Kier molecular flexibility index (Phi) is 47.5. The summed E-state index contributed by atoms with van der Waals surface area (Å²) in [6.07, 6.45) is -0.831. The quantitative estimate of drug-likeness (QED) is 0.0349. The van der Waals surface area contributed by atoms with E-state index in [1.54, 1.807) is 75.7 Å². The smallest absolute Gasteiger partial charge is 0.410 e. The second kappa shape index (κ2) is 54.3. The molecule has 0 bridgehead atoms. The highest BCUT2D eigenvalue weighted by Gasteiger charge is 2.44. The van der Waals surface area contributed by atoms with Crippen molar-refractivity contribution in [2.24, 2.45) is 58.8 Å². The number of nitrogens with zero attached hydrogens (tertiary/aromatic N) is 3. The number of methoxy groups -OCH3 is 2. The number of aliphatic carboxylic acids is 1. The number of thioether (sulfide) groups is 1. The van der Waals surface area contributed by atoms with Crippen molar-refractivity contribution in [3.63, 3.8) is 0 Å². The molecular formula is C84H134N12O21S. The number of anilines is 1. The van der Waals surface area contributed by atoms with Crippen LogP contribution < -0.4 is 48.7 Å². The number of carboxylic acid groups (broad SMARTS) is 1. The number of primary amides is 1. The first-order valence-corrected chi connectivity index (χ1v) is 42.1. The highest BCUT2D eigenvalue weighted by molar-refractivity contribution is 8.00. The average Bonchev–Trinajstić information content (AvgIpc) is 1.74. The number of nitrogens with one attached hydrogen (secondary N) is 7. The van der Waals surface area contributed by atoms with E-state index in [-0.39, 0.29) is 162 Å². The molecular weight excluding hydrogens is 1550 g/mol. The van der Waals surface area contributed by atoms with Gasteiger partial charge in [0.05, 0.1) is 86.9 Å². The Bertz CT molecular complexity index is 3570. The van der Waals surface area contributed by atoms with E-state index in [1.807, 2.05) is 65.0 Å². The summed E-state index contributed by atoms with van der Waals surface area (Å²) in [5.41, 5.74) is 12.1. The Morgan fingerprint density at radius 3 is 1.91 bits per heavy atom. The first-order valence-electron chi connectivity index (χ1n) is 41.1. The number of benzene rings is 2. The van der Waals surface area contributed by atoms with Gasteiger partial charge in [0.1, 0.15) is 24.2 Å². The third-order valence-corrected chi connectivity index (χ3v) is 22.7. The Labute approximate surface area is 699 Å². The van der Waals surface area contributed by atoms with Gasteiger partial charge in [0.15, 0.2) is 11.6 Å². The molecule has 1 aliphatic heterocycles. The van der Waals surface area contributed by atoms with Crippen LogP contribution in [0.5, 0.6) is 0 Å². The summed E-state index contributed by atoms with van der Waals surface area (Å²) in [4.78, 5) is 204. The molecule has 3 rings (SSSR count). The molecule has 1 aliphatic rings. The van der Waals surface area contributed by atoms with Gasteiger partial charge in [-0.25, -0.2) is 9.59 Å². The molecule has 33 nitrogen and oxygen atoms in total. The van der Waals surface area contributed by atoms with Crippen molar-refractivity contribution in [3.8, 4) is 0 Å². The van der Waals surface area contributed by atoms with Gasteiger partial charge < -0.3 is 92.5 Å². The van der Waals surface area contributed by atoms with Crippen LogP contribution >= 0.6 is 11.8 Å². The summed E-state index contributed by atoms with van der Waals surface area (Å²) in [7, 11) is 6.18. The third kappa shape index (κ3) is 35.9. The molecule has 1 fully saturated rings. The molecule has 662 valence electrons. The number of nitrogens with two attached hydrogens (primary N) is 2. The molecule has 34 heteroatoms. The number of carbonyl (C=O) groups excluding carboxylic acids is 14. The number of ether oxygens (including phenoxy) is 4. The van der Waals surface area contributed by atoms with Crippen LogP contribution in [0.15, 0.2) is 54.6 Å². The molecule has 0 spiro atoms. The predicted molar refractivity (Wildman–Crippen MR) is 446 cm³/mol. The lowest BCUT2D eigenvalue weighted by molar-refractivity contribution is -0.149. The van der Waals surface area contributed by atoms with Gasteiger partial charge in [-0.05, 0) is 98.3 Å². The summed E-state index contributed by atoms with van der Waals surface area (Å²) in [5.74, 6) is -10.7. The SMILES string of the molecule is CC[C@H](C)[C@@H]([C@@H](CC(=O)N1CCC[C@H]1[C@@H](OC)[C@@H](C)C(=O)C[C@H](C)[C@@H](O)c1ccccc1)OC)N(C)C(=O)C(CC(=O)[C@@H](C(C)C)N(C)C(=O)OCc1ccc(NC(=O)[C@H](CCCNC(N)=O)CC(=O)[C@H](NC(=O)CCCCCNC(=O)C(CC(=O)O)SCC(NC(=O)CCOCCNC(=O)CN)C(=O)NCC(C)=O)C(C)C)cc1)C(C)C. The number of unbranched alkanes of at least 4 members (excludes halogenated alkanes) is 2. The number of Topliss-reactive ketones (excluding diaryl/α,β-unsaturated/α-hetero) is 4. The lowest BCUT2D eigenvalue weighted by atomic mass is 9.83. The minimum atomic E-state index is -1.30. The number of hydrogen-bond donors (Lipinski definition) is 11. The molecule has 0 saturated carbocycles. The van der Waals surface area contributed by atoms with Gasteiger partial charge >= 0.3 is 18.1 Å². The number of carboxylic acids is 1. The molecule has 3 unspecified atom stereocenters. The summed E-state index contributed by atoms with van der Waals surface area (Å²) in [6, 6.07) is 10.6. The van der Waals surface area contributed by atoms with E-state index in [1.165, 1.54) is 33.1 Å². The molecule has 0 aromatic heterocycles. The fourth-order valence-corrected chi connectivity index (χ4v) is 15.6. The molecule has 11 amide bonds. The first-order chi connectivity index (χ1) is 55.8. The van der Waals surface area contributed by atoms with Gasteiger partial charge in [0.25, 0.3) is 0 Å². The summed E-state index contributed by atoms with van der Waals surface area (Å²) in [5, 5.41) is 37.8. The van der Waals surface area contributed by atoms with Crippen molar-refractivity contribution in [3.05, 3.63) is 65.7 Å². The maximum absolute atomic E-state index is 15.0. The van der Waals surface area contributed by atoms with Crippen LogP contribution in [0.1, 0.15) is 190 Å². The first kappa shape index (κ1) is 103. The Balaban J connectivity index is 1.63. The number of amides is 11. The van der Waals surface area contributed by atoms with Crippen molar-refractivity contribution in [2.75, 3.05) is 91.9 Å². The number of aliphatic hydroxyl groups is 1. The molecule has 0 aliphatic carbocycles. The molecule has 14 atom stereocenters. The normalized spacial score (nSPS) is 16.0. The van der Waals surface area contributed by atoms with Gasteiger partial charge in [-0.3, -0.25) is 62.3 Å². The zero-order chi connectivity index (χ0) is 88.5. The number of likely N-dealkylation sites (tertiary alicyclic amines) is 1. The topological polar surface area (TPSA) is 479 Å². The maximum Gasteiger partial charge on any atom is 0.410 e. The Morgan fingerprint density at radius 1 is 0.653 bits per heavy atom. The van der Waals surface area contributed by atoms with Gasteiger partial charge in [-0.2, -0.15) is 0 Å².